The number of nitrogens with zero attached hydrogens (tertiary/aromatic N) is 3. The van der Waals surface area contributed by atoms with Crippen LogP contribution in [0.5, 0.6) is 0 Å². The van der Waals surface area contributed by atoms with E-state index in [0.29, 0.717) is 0 Å². The van der Waals surface area contributed by atoms with Crippen molar-refractivity contribution in [1.82, 2.24) is 20.0 Å². The first-order valence-electron chi connectivity index (χ1n) is 3.85. The Morgan fingerprint density at radius 3 is 2.67 bits per heavy atom. The first kappa shape index (κ1) is 10.9. The van der Waals surface area contributed by atoms with Crippen molar-refractivity contribution in [3.63, 3.8) is 0 Å². The Hall–Kier alpha value is -2.13. The largest absolute Gasteiger partial charge is 0.383 e. The molecule has 82 valence electrons. The van der Waals surface area contributed by atoms with Crippen molar-refractivity contribution in [3.05, 3.63) is 12.0 Å². The molecule has 0 unspecified atom stereocenters. The van der Waals surface area contributed by atoms with Crippen LogP contribution in [0, 0.1) is 0 Å². The van der Waals surface area contributed by atoms with E-state index in [-0.39, 0.29) is 11.5 Å². The van der Waals surface area contributed by atoms with Gasteiger partial charge in [-0.3, -0.25) is 15.2 Å². The lowest BCUT2D eigenvalue weighted by Gasteiger charge is -2.10. The quantitative estimate of drug-likeness (QED) is 0.237. The minimum Gasteiger partial charge on any atom is -0.383 e. The molecule has 0 aromatic carbocycles. The Bertz CT molecular complexity index is 396. The molecule has 0 atom stereocenters. The Balaban J connectivity index is 3.09. The Morgan fingerprint density at radius 2 is 2.20 bits per heavy atom. The summed E-state index contributed by atoms with van der Waals surface area (Å²) in [5, 5.41) is 0.808. The van der Waals surface area contributed by atoms with Crippen LogP contribution in [0.2, 0.25) is 0 Å². The number of hydrazine groups is 2. The SMILES string of the molecule is CN(N)C(=O)n1cnc(C(=O)NN)c1N. The number of hydrogen-bond acceptors (Lipinski definition) is 6. The molecule has 0 bridgehead atoms. The third kappa shape index (κ3) is 1.87. The van der Waals surface area contributed by atoms with Crippen LogP contribution in [0.1, 0.15) is 10.5 Å². The summed E-state index contributed by atoms with van der Waals surface area (Å²) in [7, 11) is 1.34. The molecule has 1 rings (SSSR count). The number of nitrogens with one attached hydrogen (secondary N) is 1. The zero-order valence-electron chi connectivity index (χ0n) is 7.97. The molecule has 0 aliphatic rings. The van der Waals surface area contributed by atoms with Gasteiger partial charge in [0.05, 0.1) is 0 Å². The zero-order chi connectivity index (χ0) is 11.6. The topological polar surface area (TPSA) is 145 Å². The highest BCUT2D eigenvalue weighted by Crippen LogP contribution is 2.09. The summed E-state index contributed by atoms with van der Waals surface area (Å²) in [6, 6.07) is -0.615. The van der Waals surface area contributed by atoms with E-state index < -0.39 is 11.9 Å². The van der Waals surface area contributed by atoms with Crippen LogP contribution in [0.15, 0.2) is 6.33 Å². The van der Waals surface area contributed by atoms with Gasteiger partial charge in [0.2, 0.25) is 0 Å². The average molecular weight is 213 g/mol. The monoisotopic (exact) mass is 213 g/mol. The minimum atomic E-state index is -0.682. The van der Waals surface area contributed by atoms with Gasteiger partial charge in [0.15, 0.2) is 5.69 Å². The van der Waals surface area contributed by atoms with Crippen LogP contribution in [-0.4, -0.2) is 33.5 Å². The molecule has 1 aromatic rings. The van der Waals surface area contributed by atoms with Crippen molar-refractivity contribution in [2.45, 2.75) is 0 Å². The van der Waals surface area contributed by atoms with Crippen molar-refractivity contribution in [2.24, 2.45) is 11.7 Å². The first-order chi connectivity index (χ1) is 6.99. The van der Waals surface area contributed by atoms with Gasteiger partial charge in [-0.2, -0.15) is 0 Å². The van der Waals surface area contributed by atoms with Crippen LogP contribution >= 0.6 is 0 Å². The molecule has 0 fully saturated rings. The molecule has 2 amide bonds. The normalized spacial score (nSPS) is 9.80. The van der Waals surface area contributed by atoms with Crippen LogP contribution in [0.25, 0.3) is 0 Å². The van der Waals surface area contributed by atoms with Crippen molar-refractivity contribution in [3.8, 4) is 0 Å². The summed E-state index contributed by atoms with van der Waals surface area (Å²) >= 11 is 0. The summed E-state index contributed by atoms with van der Waals surface area (Å²) < 4.78 is 0.935. The van der Waals surface area contributed by atoms with Crippen LogP contribution in [-0.2, 0) is 0 Å². The van der Waals surface area contributed by atoms with Crippen LogP contribution in [0.3, 0.4) is 0 Å². The summed E-state index contributed by atoms with van der Waals surface area (Å²) in [4.78, 5) is 26.1. The highest BCUT2D eigenvalue weighted by Gasteiger charge is 2.19. The average Bonchev–Trinajstić information content (AvgIpc) is 2.57. The fraction of sp³-hybridized carbons (Fsp3) is 0.167. The molecule has 9 heteroatoms. The van der Waals surface area contributed by atoms with E-state index in [0.717, 1.165) is 15.9 Å². The molecular formula is C6H11N7O2. The van der Waals surface area contributed by atoms with Crippen molar-refractivity contribution < 1.29 is 9.59 Å². The fourth-order valence-electron chi connectivity index (χ4n) is 0.924. The number of rotatable bonds is 1. The van der Waals surface area contributed by atoms with Gasteiger partial charge in [0, 0.05) is 7.05 Å². The fourth-order valence-corrected chi connectivity index (χ4v) is 0.924. The Kier molecular flexibility index (Phi) is 2.87. The maximum atomic E-state index is 11.4. The predicted octanol–water partition coefficient (Wildman–Crippen LogP) is -2.16. The molecule has 15 heavy (non-hydrogen) atoms. The summed E-state index contributed by atoms with van der Waals surface area (Å²) in [6.45, 7) is 0. The van der Waals surface area contributed by atoms with E-state index in [1.165, 1.54) is 7.05 Å². The second-order valence-electron chi connectivity index (χ2n) is 2.72. The molecule has 9 nitrogen and oxygen atoms in total. The van der Waals surface area contributed by atoms with E-state index in [1.807, 2.05) is 5.43 Å². The van der Waals surface area contributed by atoms with Crippen molar-refractivity contribution in [1.29, 1.82) is 0 Å². The van der Waals surface area contributed by atoms with Crippen molar-refractivity contribution >= 4 is 17.8 Å². The summed E-state index contributed by atoms with van der Waals surface area (Å²) in [5.41, 5.74) is 7.22. The lowest BCUT2D eigenvalue weighted by atomic mass is 10.4. The number of nitrogen functional groups attached to an aromatic ring is 2. The van der Waals surface area contributed by atoms with Gasteiger partial charge in [-0.1, -0.05) is 0 Å². The highest BCUT2D eigenvalue weighted by atomic mass is 16.2. The smallest absolute Gasteiger partial charge is 0.344 e. The Labute approximate surface area is 84.8 Å². The predicted molar refractivity (Wildman–Crippen MR) is 51.0 cm³/mol. The van der Waals surface area contributed by atoms with Gasteiger partial charge in [-0.05, 0) is 0 Å². The second-order valence-corrected chi connectivity index (χ2v) is 2.72. The zero-order valence-corrected chi connectivity index (χ0v) is 7.97. The molecule has 1 heterocycles. The van der Waals surface area contributed by atoms with E-state index in [9.17, 15) is 9.59 Å². The number of hydrogen-bond donors (Lipinski definition) is 4. The molecule has 0 saturated carbocycles. The number of amides is 2. The number of carbonyl (C=O) groups excluding carboxylic acids is 2. The van der Waals surface area contributed by atoms with Crippen LogP contribution < -0.4 is 22.8 Å². The molecule has 0 saturated heterocycles. The molecule has 0 aliphatic heterocycles. The Morgan fingerprint density at radius 1 is 1.60 bits per heavy atom. The molecule has 0 aliphatic carbocycles. The summed E-state index contributed by atoms with van der Waals surface area (Å²) in [6.07, 6.45) is 1.09. The minimum absolute atomic E-state index is 0.125. The number of anilines is 1. The molecule has 0 spiro atoms. The molecule has 0 radical (unpaired) electrons. The maximum absolute atomic E-state index is 11.4. The van der Waals surface area contributed by atoms with Gasteiger partial charge in [0.1, 0.15) is 12.1 Å². The van der Waals surface area contributed by atoms with E-state index in [4.69, 9.17) is 17.4 Å². The van der Waals surface area contributed by atoms with Gasteiger partial charge in [-0.25, -0.2) is 26.0 Å². The maximum Gasteiger partial charge on any atom is 0.344 e. The van der Waals surface area contributed by atoms with Gasteiger partial charge in [-0.15, -0.1) is 0 Å². The number of carbonyl (C=O) groups is 2. The first-order valence-corrected chi connectivity index (χ1v) is 3.85. The number of imidazole rings is 1. The highest BCUT2D eigenvalue weighted by molar-refractivity contribution is 5.98. The molecular weight excluding hydrogens is 202 g/mol. The lowest BCUT2D eigenvalue weighted by molar-refractivity contribution is 0.0950. The van der Waals surface area contributed by atoms with Crippen LogP contribution in [0.4, 0.5) is 10.6 Å². The number of nitrogens with two attached hydrogens (primary N) is 3. The lowest BCUT2D eigenvalue weighted by Crippen LogP contribution is -2.37. The molecule has 1 aromatic heterocycles. The van der Waals surface area contributed by atoms with Gasteiger partial charge >= 0.3 is 6.03 Å². The standard InChI is InChI=1S/C6H11N7O2/c1-12(9)6(15)13-2-10-3(4(13)7)5(14)11-8/h2H,7-9H2,1H3,(H,11,14). The second kappa shape index (κ2) is 3.94. The third-order valence-electron chi connectivity index (χ3n) is 1.66. The van der Waals surface area contributed by atoms with E-state index in [2.05, 4.69) is 4.98 Å². The third-order valence-corrected chi connectivity index (χ3v) is 1.66. The van der Waals surface area contributed by atoms with Crippen molar-refractivity contribution in [2.75, 3.05) is 12.8 Å². The molecule has 7 N–H and O–H groups in total. The van der Waals surface area contributed by atoms with Gasteiger partial charge < -0.3 is 5.73 Å². The summed E-state index contributed by atoms with van der Waals surface area (Å²) in [5.74, 6) is 9.30. The van der Waals surface area contributed by atoms with E-state index >= 15 is 0 Å². The number of aromatic nitrogens is 2. The van der Waals surface area contributed by atoms with Gasteiger partial charge in [0.25, 0.3) is 5.91 Å². The van der Waals surface area contributed by atoms with E-state index in [1.54, 1.807) is 0 Å².